The van der Waals surface area contributed by atoms with Crippen molar-refractivity contribution in [3.63, 3.8) is 0 Å². The summed E-state index contributed by atoms with van der Waals surface area (Å²) < 4.78 is 4.47. The van der Waals surface area contributed by atoms with Gasteiger partial charge in [0, 0.05) is 24.8 Å². The zero-order valence-corrected chi connectivity index (χ0v) is 12.8. The molecule has 0 fully saturated rings. The number of anilines is 1. The first-order valence-corrected chi connectivity index (χ1v) is 6.94. The van der Waals surface area contributed by atoms with Gasteiger partial charge < -0.3 is 5.73 Å². The van der Waals surface area contributed by atoms with Crippen molar-refractivity contribution < 1.29 is 0 Å². The van der Waals surface area contributed by atoms with Crippen molar-refractivity contribution in [1.82, 2.24) is 19.6 Å². The first-order chi connectivity index (χ1) is 9.56. The van der Waals surface area contributed by atoms with Crippen LogP contribution in [0.3, 0.4) is 0 Å². The lowest BCUT2D eigenvalue weighted by atomic mass is 10.0. The standard InChI is InChI=1S/C14H14BrN5/c1-19-8-7-11(17-19)13-12(14(16)20(2)18-13)9-3-5-10(15)6-4-9/h3-8H,16H2,1-2H3. The summed E-state index contributed by atoms with van der Waals surface area (Å²) in [7, 11) is 3.72. The maximum absolute atomic E-state index is 6.17. The van der Waals surface area contributed by atoms with Crippen molar-refractivity contribution in [3.05, 3.63) is 41.0 Å². The first-order valence-electron chi connectivity index (χ1n) is 6.14. The summed E-state index contributed by atoms with van der Waals surface area (Å²) in [5, 5.41) is 8.91. The summed E-state index contributed by atoms with van der Waals surface area (Å²) in [4.78, 5) is 0. The summed E-state index contributed by atoms with van der Waals surface area (Å²) in [6.07, 6.45) is 1.89. The van der Waals surface area contributed by atoms with Gasteiger partial charge in [-0.05, 0) is 23.8 Å². The fraction of sp³-hybridized carbons (Fsp3) is 0.143. The van der Waals surface area contributed by atoms with E-state index in [0.717, 1.165) is 27.0 Å². The van der Waals surface area contributed by atoms with Gasteiger partial charge in [-0.15, -0.1) is 0 Å². The van der Waals surface area contributed by atoms with Crippen LogP contribution < -0.4 is 5.73 Å². The van der Waals surface area contributed by atoms with Crippen molar-refractivity contribution in [2.24, 2.45) is 14.1 Å². The second-order valence-corrected chi connectivity index (χ2v) is 5.53. The lowest BCUT2D eigenvalue weighted by Crippen LogP contribution is -1.97. The Morgan fingerprint density at radius 3 is 2.35 bits per heavy atom. The van der Waals surface area contributed by atoms with Crippen LogP contribution in [-0.2, 0) is 14.1 Å². The van der Waals surface area contributed by atoms with Crippen LogP contribution in [0.5, 0.6) is 0 Å². The van der Waals surface area contributed by atoms with Crippen LogP contribution in [-0.4, -0.2) is 19.6 Å². The van der Waals surface area contributed by atoms with Crippen molar-refractivity contribution >= 4 is 21.7 Å². The fourth-order valence-corrected chi connectivity index (χ4v) is 2.42. The average molecular weight is 332 g/mol. The van der Waals surface area contributed by atoms with E-state index in [0.29, 0.717) is 5.82 Å². The molecule has 5 nitrogen and oxygen atoms in total. The zero-order valence-electron chi connectivity index (χ0n) is 11.2. The predicted octanol–water partition coefficient (Wildman–Crippen LogP) is 2.83. The number of nitrogens with two attached hydrogens (primary N) is 1. The molecule has 0 saturated carbocycles. The minimum Gasteiger partial charge on any atom is -0.383 e. The van der Waals surface area contributed by atoms with E-state index >= 15 is 0 Å². The monoisotopic (exact) mass is 331 g/mol. The van der Waals surface area contributed by atoms with Crippen molar-refractivity contribution in [1.29, 1.82) is 0 Å². The molecule has 3 aromatic rings. The topological polar surface area (TPSA) is 61.7 Å². The number of hydrogen-bond donors (Lipinski definition) is 1. The van der Waals surface area contributed by atoms with E-state index in [-0.39, 0.29) is 0 Å². The average Bonchev–Trinajstić information content (AvgIpc) is 2.97. The zero-order chi connectivity index (χ0) is 14.3. The summed E-state index contributed by atoms with van der Waals surface area (Å²) in [6.45, 7) is 0. The fourth-order valence-electron chi connectivity index (χ4n) is 2.16. The molecule has 0 unspecified atom stereocenters. The molecule has 20 heavy (non-hydrogen) atoms. The highest BCUT2D eigenvalue weighted by atomic mass is 79.9. The highest BCUT2D eigenvalue weighted by Gasteiger charge is 2.18. The molecule has 102 valence electrons. The maximum atomic E-state index is 6.17. The van der Waals surface area contributed by atoms with E-state index in [1.54, 1.807) is 9.36 Å². The largest absolute Gasteiger partial charge is 0.383 e. The molecule has 0 aliphatic heterocycles. The molecule has 3 rings (SSSR count). The van der Waals surface area contributed by atoms with E-state index < -0.39 is 0 Å². The predicted molar refractivity (Wildman–Crippen MR) is 83.0 cm³/mol. The second kappa shape index (κ2) is 4.79. The Morgan fingerprint density at radius 2 is 1.75 bits per heavy atom. The summed E-state index contributed by atoms with van der Waals surface area (Å²) >= 11 is 3.44. The number of nitrogen functional groups attached to an aromatic ring is 1. The first kappa shape index (κ1) is 12.9. The molecular formula is C14H14BrN5. The molecule has 2 N–H and O–H groups in total. The number of aryl methyl sites for hydroxylation is 2. The molecule has 0 radical (unpaired) electrons. The Hall–Kier alpha value is -2.08. The SMILES string of the molecule is Cn1ccc(-c2nn(C)c(N)c2-c2ccc(Br)cc2)n1. The minimum atomic E-state index is 0.632. The molecule has 0 saturated heterocycles. The highest BCUT2D eigenvalue weighted by Crippen LogP contribution is 2.35. The van der Waals surface area contributed by atoms with Crippen LogP contribution in [0.2, 0.25) is 0 Å². The molecular weight excluding hydrogens is 318 g/mol. The third-order valence-electron chi connectivity index (χ3n) is 3.18. The number of nitrogens with zero attached hydrogens (tertiary/aromatic N) is 4. The molecule has 2 heterocycles. The molecule has 0 aliphatic carbocycles. The van der Waals surface area contributed by atoms with Crippen molar-refractivity contribution in [3.8, 4) is 22.5 Å². The van der Waals surface area contributed by atoms with E-state index in [1.165, 1.54) is 0 Å². The molecule has 0 atom stereocenters. The van der Waals surface area contributed by atoms with Gasteiger partial charge in [0.1, 0.15) is 17.2 Å². The van der Waals surface area contributed by atoms with Crippen LogP contribution in [0.1, 0.15) is 0 Å². The quantitative estimate of drug-likeness (QED) is 0.785. The van der Waals surface area contributed by atoms with Gasteiger partial charge in [0.05, 0.1) is 5.56 Å². The normalized spacial score (nSPS) is 10.9. The van der Waals surface area contributed by atoms with Gasteiger partial charge in [-0.3, -0.25) is 9.36 Å². The van der Waals surface area contributed by atoms with Gasteiger partial charge in [0.15, 0.2) is 0 Å². The van der Waals surface area contributed by atoms with E-state index in [2.05, 4.69) is 26.1 Å². The Kier molecular flexibility index (Phi) is 3.10. The van der Waals surface area contributed by atoms with Gasteiger partial charge in [-0.1, -0.05) is 28.1 Å². The van der Waals surface area contributed by atoms with Gasteiger partial charge in [-0.2, -0.15) is 10.2 Å². The smallest absolute Gasteiger partial charge is 0.129 e. The Bertz CT molecular complexity index is 754. The summed E-state index contributed by atoms with van der Waals surface area (Å²) in [5.41, 5.74) is 9.73. The third kappa shape index (κ3) is 2.12. The van der Waals surface area contributed by atoms with Crippen LogP contribution in [0.15, 0.2) is 41.0 Å². The van der Waals surface area contributed by atoms with Gasteiger partial charge in [0.25, 0.3) is 0 Å². The van der Waals surface area contributed by atoms with Crippen molar-refractivity contribution in [2.75, 3.05) is 5.73 Å². The van der Waals surface area contributed by atoms with Crippen molar-refractivity contribution in [2.45, 2.75) is 0 Å². The third-order valence-corrected chi connectivity index (χ3v) is 3.71. The molecule has 0 spiro atoms. The highest BCUT2D eigenvalue weighted by molar-refractivity contribution is 9.10. The summed E-state index contributed by atoms with van der Waals surface area (Å²) in [5.74, 6) is 0.632. The van der Waals surface area contributed by atoms with Gasteiger partial charge in [0.2, 0.25) is 0 Å². The number of benzene rings is 1. The Balaban J connectivity index is 2.21. The number of rotatable bonds is 2. The number of halogens is 1. The maximum Gasteiger partial charge on any atom is 0.129 e. The van der Waals surface area contributed by atoms with Crippen LogP contribution in [0, 0.1) is 0 Å². The Labute approximate surface area is 125 Å². The van der Waals surface area contributed by atoms with Crippen LogP contribution >= 0.6 is 15.9 Å². The number of aromatic nitrogens is 4. The van der Waals surface area contributed by atoms with E-state index in [9.17, 15) is 0 Å². The van der Waals surface area contributed by atoms with Crippen LogP contribution in [0.25, 0.3) is 22.5 Å². The molecule has 6 heteroatoms. The molecule has 0 amide bonds. The molecule has 2 aromatic heterocycles. The van der Waals surface area contributed by atoms with Crippen LogP contribution in [0.4, 0.5) is 5.82 Å². The minimum absolute atomic E-state index is 0.632. The number of hydrogen-bond acceptors (Lipinski definition) is 3. The Morgan fingerprint density at radius 1 is 1.05 bits per heavy atom. The lowest BCUT2D eigenvalue weighted by molar-refractivity contribution is 0.760. The van der Waals surface area contributed by atoms with E-state index in [4.69, 9.17) is 5.73 Å². The second-order valence-electron chi connectivity index (χ2n) is 4.61. The molecule has 0 aliphatic rings. The molecule has 0 bridgehead atoms. The molecule has 1 aromatic carbocycles. The summed E-state index contributed by atoms with van der Waals surface area (Å²) in [6, 6.07) is 9.95. The van der Waals surface area contributed by atoms with Gasteiger partial charge in [-0.25, -0.2) is 0 Å². The van der Waals surface area contributed by atoms with E-state index in [1.807, 2.05) is 50.6 Å². The lowest BCUT2D eigenvalue weighted by Gasteiger charge is -2.03. The van der Waals surface area contributed by atoms with Gasteiger partial charge >= 0.3 is 0 Å².